The van der Waals surface area contributed by atoms with Crippen molar-refractivity contribution >= 4 is 0 Å². The van der Waals surface area contributed by atoms with Crippen LogP contribution < -0.4 is 0 Å². The van der Waals surface area contributed by atoms with Crippen molar-refractivity contribution in [3.8, 4) is 0 Å². The second kappa shape index (κ2) is 15.6. The van der Waals surface area contributed by atoms with Gasteiger partial charge in [-0.3, -0.25) is 0 Å². The van der Waals surface area contributed by atoms with Gasteiger partial charge in [-0.2, -0.15) is 0 Å². The SMILES string of the molecule is OC[C@H]1O[C@H](O[C@H]2[C@H](O)[C@@H](O)[C@@H](O)O[C@@H]2CO[C@H]2O[C@H](CO)[C@@H](O[C@H]3O[C@H](CO)[C@@H](O)[C@H](O)[C@H]3O)[C@H](O)[C@H]2O)[C@H](O)[C@@H](O)[C@@H]1O. The van der Waals surface area contributed by atoms with Crippen molar-refractivity contribution in [3.63, 3.8) is 0 Å². The predicted octanol–water partition coefficient (Wildman–Crippen LogP) is -9.75. The molecule has 4 heterocycles. The van der Waals surface area contributed by atoms with Crippen LogP contribution in [0.2, 0.25) is 0 Å². The van der Waals surface area contributed by atoms with Gasteiger partial charge in [0.05, 0.1) is 26.4 Å². The van der Waals surface area contributed by atoms with Crippen LogP contribution in [0, 0.1) is 0 Å². The zero-order valence-corrected chi connectivity index (χ0v) is 23.5. The maximum atomic E-state index is 10.8. The molecule has 0 aromatic carbocycles. The van der Waals surface area contributed by atoms with Gasteiger partial charge in [0.25, 0.3) is 0 Å². The molecule has 4 aliphatic rings. The summed E-state index contributed by atoms with van der Waals surface area (Å²) in [7, 11) is 0. The van der Waals surface area contributed by atoms with Gasteiger partial charge < -0.3 is 105 Å². The fourth-order valence-electron chi connectivity index (χ4n) is 5.44. The first kappa shape index (κ1) is 37.0. The van der Waals surface area contributed by atoms with Gasteiger partial charge in [0.2, 0.25) is 0 Å². The van der Waals surface area contributed by atoms with Crippen LogP contribution in [0.4, 0.5) is 0 Å². The summed E-state index contributed by atoms with van der Waals surface area (Å²) in [6, 6.07) is 0. The van der Waals surface area contributed by atoms with E-state index >= 15 is 0 Å². The lowest BCUT2D eigenvalue weighted by Gasteiger charge is -2.47. The van der Waals surface area contributed by atoms with Gasteiger partial charge in [-0.05, 0) is 0 Å². The van der Waals surface area contributed by atoms with Crippen LogP contribution in [-0.4, -0.2) is 221 Å². The molecule has 4 rings (SSSR count). The third-order valence-electron chi connectivity index (χ3n) is 8.18. The molecule has 0 aromatic heterocycles. The minimum absolute atomic E-state index is 0.728. The summed E-state index contributed by atoms with van der Waals surface area (Å²) in [4.78, 5) is 0. The van der Waals surface area contributed by atoms with E-state index in [0.29, 0.717) is 0 Å². The largest absolute Gasteiger partial charge is 0.394 e. The van der Waals surface area contributed by atoms with Gasteiger partial charge in [-0.1, -0.05) is 0 Å². The highest BCUT2D eigenvalue weighted by Crippen LogP contribution is 2.32. The number of aliphatic hydroxyl groups excluding tert-OH is 14. The molecule has 45 heavy (non-hydrogen) atoms. The first-order valence-electron chi connectivity index (χ1n) is 14.1. The number of rotatable bonds is 10. The van der Waals surface area contributed by atoms with E-state index in [1.807, 2.05) is 0 Å². The predicted molar refractivity (Wildman–Crippen MR) is 134 cm³/mol. The Morgan fingerprint density at radius 3 is 1.24 bits per heavy atom. The van der Waals surface area contributed by atoms with Gasteiger partial charge in [-0.15, -0.1) is 0 Å². The average Bonchev–Trinajstić information content (AvgIpc) is 3.03. The second-order valence-electron chi connectivity index (χ2n) is 11.2. The Kier molecular flexibility index (Phi) is 12.8. The minimum Gasteiger partial charge on any atom is -0.394 e. The summed E-state index contributed by atoms with van der Waals surface area (Å²) in [6.45, 7) is -3.16. The minimum atomic E-state index is -1.99. The molecule has 21 heteroatoms. The van der Waals surface area contributed by atoms with Gasteiger partial charge in [0, 0.05) is 0 Å². The van der Waals surface area contributed by atoms with E-state index in [1.54, 1.807) is 0 Å². The summed E-state index contributed by atoms with van der Waals surface area (Å²) in [6.07, 6.45) is -35.0. The Morgan fingerprint density at radius 1 is 0.378 bits per heavy atom. The van der Waals surface area contributed by atoms with Crippen molar-refractivity contribution in [1.29, 1.82) is 0 Å². The molecule has 4 saturated heterocycles. The van der Waals surface area contributed by atoms with E-state index in [1.165, 1.54) is 0 Å². The molecule has 4 fully saturated rings. The van der Waals surface area contributed by atoms with Gasteiger partial charge in [-0.25, -0.2) is 0 Å². The van der Waals surface area contributed by atoms with E-state index in [9.17, 15) is 71.5 Å². The number of ether oxygens (including phenoxy) is 7. The van der Waals surface area contributed by atoms with Crippen molar-refractivity contribution in [2.24, 2.45) is 0 Å². The third kappa shape index (κ3) is 7.59. The Hall–Kier alpha value is -0.840. The molecule has 0 aromatic rings. The smallest absolute Gasteiger partial charge is 0.187 e. The maximum Gasteiger partial charge on any atom is 0.187 e. The zero-order valence-electron chi connectivity index (χ0n) is 23.5. The van der Waals surface area contributed by atoms with Gasteiger partial charge >= 0.3 is 0 Å². The highest BCUT2D eigenvalue weighted by Gasteiger charge is 2.53. The molecular weight excluding hydrogens is 624 g/mol. The maximum absolute atomic E-state index is 10.8. The molecule has 264 valence electrons. The number of aliphatic hydroxyl groups is 14. The fraction of sp³-hybridized carbons (Fsp3) is 1.00. The zero-order chi connectivity index (χ0) is 33.3. The van der Waals surface area contributed by atoms with Crippen LogP contribution in [0.3, 0.4) is 0 Å². The standard InChI is InChI=1S/C24H42O21/c25-1-5-9(28)11(30)16(35)23(41-5)44-19-7(3-27)43-22(18(37)14(19)33)39-4-8-20(13(32)15(34)21(38)40-8)45-24-17(36)12(31)10(29)6(2-26)42-24/h5-38H,1-4H2/t5-,6-,7-,8-,9-,10-,11+,12+,13-,14-,15-,16-,17-,18-,19-,20-,21+,22+,23-,24-/m1/s1. The van der Waals surface area contributed by atoms with Gasteiger partial charge in [0.1, 0.15) is 97.7 Å². The molecular formula is C24H42O21. The molecule has 0 unspecified atom stereocenters. The lowest BCUT2D eigenvalue weighted by atomic mass is 9.96. The summed E-state index contributed by atoms with van der Waals surface area (Å²) < 4.78 is 37.7. The molecule has 0 amide bonds. The van der Waals surface area contributed by atoms with E-state index in [0.717, 1.165) is 0 Å². The van der Waals surface area contributed by atoms with Crippen molar-refractivity contribution < 1.29 is 105 Å². The van der Waals surface area contributed by atoms with Crippen molar-refractivity contribution in [2.45, 2.75) is 123 Å². The Labute approximate surface area is 254 Å². The van der Waals surface area contributed by atoms with E-state index in [2.05, 4.69) is 0 Å². The van der Waals surface area contributed by atoms with Crippen LogP contribution in [0.15, 0.2) is 0 Å². The van der Waals surface area contributed by atoms with Crippen molar-refractivity contribution in [1.82, 2.24) is 0 Å². The van der Waals surface area contributed by atoms with Crippen LogP contribution in [0.5, 0.6) is 0 Å². The molecule has 0 saturated carbocycles. The quantitative estimate of drug-likeness (QED) is 0.103. The number of hydrogen-bond donors (Lipinski definition) is 14. The summed E-state index contributed by atoms with van der Waals surface area (Å²) >= 11 is 0. The van der Waals surface area contributed by atoms with Crippen LogP contribution >= 0.6 is 0 Å². The summed E-state index contributed by atoms with van der Waals surface area (Å²) in [5.41, 5.74) is 0. The molecule has 0 aliphatic carbocycles. The molecule has 0 spiro atoms. The second-order valence-corrected chi connectivity index (χ2v) is 11.2. The van der Waals surface area contributed by atoms with Crippen LogP contribution in [0.25, 0.3) is 0 Å². The molecule has 14 N–H and O–H groups in total. The average molecular weight is 667 g/mol. The highest BCUT2D eigenvalue weighted by atomic mass is 16.8. The topological polar surface area (TPSA) is 348 Å². The molecule has 0 radical (unpaired) electrons. The van der Waals surface area contributed by atoms with E-state index < -0.39 is 149 Å². The lowest BCUT2D eigenvalue weighted by molar-refractivity contribution is -0.372. The van der Waals surface area contributed by atoms with Crippen molar-refractivity contribution in [3.05, 3.63) is 0 Å². The molecule has 20 atom stereocenters. The Balaban J connectivity index is 1.43. The first-order chi connectivity index (χ1) is 21.2. The highest BCUT2D eigenvalue weighted by molar-refractivity contribution is 4.96. The molecule has 4 aliphatic heterocycles. The number of hydrogen-bond acceptors (Lipinski definition) is 21. The van der Waals surface area contributed by atoms with E-state index in [-0.39, 0.29) is 0 Å². The van der Waals surface area contributed by atoms with E-state index in [4.69, 9.17) is 33.2 Å². The van der Waals surface area contributed by atoms with Crippen molar-refractivity contribution in [2.75, 3.05) is 26.4 Å². The molecule has 21 nitrogen and oxygen atoms in total. The monoisotopic (exact) mass is 666 g/mol. The van der Waals surface area contributed by atoms with Crippen LogP contribution in [0.1, 0.15) is 0 Å². The summed E-state index contributed by atoms with van der Waals surface area (Å²) in [5.74, 6) is 0. The Morgan fingerprint density at radius 2 is 0.778 bits per heavy atom. The fourth-order valence-corrected chi connectivity index (χ4v) is 5.44. The van der Waals surface area contributed by atoms with Gasteiger partial charge in [0.15, 0.2) is 25.2 Å². The Bertz CT molecular complexity index is 912. The first-order valence-corrected chi connectivity index (χ1v) is 14.1. The molecule has 0 bridgehead atoms. The lowest BCUT2D eigenvalue weighted by Crippen LogP contribution is -2.66. The van der Waals surface area contributed by atoms with Crippen LogP contribution in [-0.2, 0) is 33.2 Å². The third-order valence-corrected chi connectivity index (χ3v) is 8.18. The normalized spacial score (nSPS) is 52.9. The summed E-state index contributed by atoms with van der Waals surface area (Å²) in [5, 5.41) is 142.